The van der Waals surface area contributed by atoms with Gasteiger partial charge in [0.05, 0.1) is 4.47 Å². The van der Waals surface area contributed by atoms with Crippen LogP contribution in [0.3, 0.4) is 0 Å². The molecule has 3 aromatic rings. The highest BCUT2D eigenvalue weighted by Gasteiger charge is 2.22. The third-order valence-electron chi connectivity index (χ3n) is 4.05. The molecule has 0 radical (unpaired) electrons. The Bertz CT molecular complexity index is 992. The zero-order valence-electron chi connectivity index (χ0n) is 11.1. The number of aryl methyl sites for hydroxylation is 2. The monoisotopic (exact) mass is 342 g/mol. The van der Waals surface area contributed by atoms with Gasteiger partial charge in [0, 0.05) is 22.8 Å². The van der Waals surface area contributed by atoms with Crippen molar-refractivity contribution < 1.29 is 8.83 Å². The first-order valence-electron chi connectivity index (χ1n) is 6.84. The molecule has 1 aromatic carbocycles. The van der Waals surface area contributed by atoms with Gasteiger partial charge >= 0.3 is 0 Å². The molecule has 1 N–H and O–H groups in total. The second-order valence-corrected chi connectivity index (χ2v) is 6.14. The first kappa shape index (κ1) is 12.7. The Morgan fingerprint density at radius 1 is 1.19 bits per heavy atom. The molecule has 104 valence electrons. The van der Waals surface area contributed by atoms with E-state index < -0.39 is 0 Å². The SMILES string of the molecule is N#Cc1cc2c(oc1=N)c(Br)cc1oc3c(c12)CCCC3. The largest absolute Gasteiger partial charge is 0.461 e. The second kappa shape index (κ2) is 4.47. The van der Waals surface area contributed by atoms with E-state index in [-0.39, 0.29) is 11.1 Å². The number of hydrogen-bond acceptors (Lipinski definition) is 4. The molecule has 2 heterocycles. The summed E-state index contributed by atoms with van der Waals surface area (Å²) in [4.78, 5) is 0. The Morgan fingerprint density at radius 2 is 2.00 bits per heavy atom. The van der Waals surface area contributed by atoms with Crippen LogP contribution in [0.15, 0.2) is 25.4 Å². The van der Waals surface area contributed by atoms with Crippen molar-refractivity contribution in [2.24, 2.45) is 0 Å². The van der Waals surface area contributed by atoms with Gasteiger partial charge in [-0.3, -0.25) is 5.41 Å². The van der Waals surface area contributed by atoms with Gasteiger partial charge in [0.1, 0.15) is 23.0 Å². The molecule has 0 fully saturated rings. The van der Waals surface area contributed by atoms with E-state index in [4.69, 9.17) is 19.5 Å². The van der Waals surface area contributed by atoms with E-state index >= 15 is 0 Å². The van der Waals surface area contributed by atoms with Crippen LogP contribution in [-0.4, -0.2) is 0 Å². The molecule has 0 saturated heterocycles. The Balaban J connectivity index is 2.24. The number of hydrogen-bond donors (Lipinski definition) is 1. The smallest absolute Gasteiger partial charge is 0.229 e. The highest BCUT2D eigenvalue weighted by Crippen LogP contribution is 2.39. The maximum absolute atomic E-state index is 9.14. The highest BCUT2D eigenvalue weighted by atomic mass is 79.9. The summed E-state index contributed by atoms with van der Waals surface area (Å²) in [5, 5.41) is 18.8. The Morgan fingerprint density at radius 3 is 2.81 bits per heavy atom. The lowest BCUT2D eigenvalue weighted by Crippen LogP contribution is -2.04. The summed E-state index contributed by atoms with van der Waals surface area (Å²) in [6.07, 6.45) is 4.25. The molecule has 0 saturated carbocycles. The van der Waals surface area contributed by atoms with E-state index in [9.17, 15) is 0 Å². The lowest BCUT2D eigenvalue weighted by Gasteiger charge is -2.09. The van der Waals surface area contributed by atoms with Gasteiger partial charge in [0.25, 0.3) is 0 Å². The molecule has 0 atom stereocenters. The van der Waals surface area contributed by atoms with Gasteiger partial charge in [-0.25, -0.2) is 0 Å². The lowest BCUT2D eigenvalue weighted by molar-refractivity contribution is 0.505. The number of fused-ring (bicyclic) bond motifs is 5. The van der Waals surface area contributed by atoms with Crippen molar-refractivity contribution in [3.63, 3.8) is 0 Å². The van der Waals surface area contributed by atoms with E-state index in [1.54, 1.807) is 6.07 Å². The maximum atomic E-state index is 9.14. The van der Waals surface area contributed by atoms with Crippen molar-refractivity contribution in [2.45, 2.75) is 25.7 Å². The molecular formula is C16H11BrN2O2. The zero-order valence-corrected chi connectivity index (χ0v) is 12.7. The lowest BCUT2D eigenvalue weighted by atomic mass is 9.94. The van der Waals surface area contributed by atoms with Crippen LogP contribution in [0.4, 0.5) is 0 Å². The predicted molar refractivity (Wildman–Crippen MR) is 80.9 cm³/mol. The Hall–Kier alpha value is -2.06. The van der Waals surface area contributed by atoms with Gasteiger partial charge in [0.2, 0.25) is 5.55 Å². The highest BCUT2D eigenvalue weighted by molar-refractivity contribution is 9.10. The zero-order chi connectivity index (χ0) is 14.6. The normalized spacial score (nSPS) is 14.3. The number of furan rings is 1. The summed E-state index contributed by atoms with van der Waals surface area (Å²) in [5.41, 5.74) is 2.78. The number of halogens is 1. The second-order valence-electron chi connectivity index (χ2n) is 5.29. The molecule has 0 unspecified atom stereocenters. The van der Waals surface area contributed by atoms with E-state index in [2.05, 4.69) is 15.9 Å². The molecule has 5 heteroatoms. The van der Waals surface area contributed by atoms with Crippen molar-refractivity contribution in [2.75, 3.05) is 0 Å². The third-order valence-corrected chi connectivity index (χ3v) is 4.63. The average molecular weight is 343 g/mol. The minimum absolute atomic E-state index is 0.109. The van der Waals surface area contributed by atoms with Crippen LogP contribution < -0.4 is 5.55 Å². The van der Waals surface area contributed by atoms with Crippen molar-refractivity contribution in [3.8, 4) is 6.07 Å². The van der Waals surface area contributed by atoms with Crippen molar-refractivity contribution in [1.82, 2.24) is 0 Å². The standard InChI is InChI=1S/C16H11BrN2O2/c17-11-6-13-14(9-3-1-2-4-12(9)20-13)10-5-8(7-18)16(19)21-15(10)11/h5-6,19H,1-4H2. The van der Waals surface area contributed by atoms with Crippen LogP contribution in [0, 0.1) is 16.7 Å². The average Bonchev–Trinajstić information content (AvgIpc) is 2.85. The number of rotatable bonds is 0. The summed E-state index contributed by atoms with van der Waals surface area (Å²) < 4.78 is 12.3. The summed E-state index contributed by atoms with van der Waals surface area (Å²) in [6, 6.07) is 5.65. The molecule has 0 spiro atoms. The van der Waals surface area contributed by atoms with Crippen LogP contribution in [0.2, 0.25) is 0 Å². The molecule has 0 bridgehead atoms. The molecule has 4 nitrogen and oxygen atoms in total. The van der Waals surface area contributed by atoms with Crippen LogP contribution in [-0.2, 0) is 12.8 Å². The fourth-order valence-corrected chi connectivity index (χ4v) is 3.60. The van der Waals surface area contributed by atoms with Gasteiger partial charge in [-0.15, -0.1) is 0 Å². The summed E-state index contributed by atoms with van der Waals surface area (Å²) in [6.45, 7) is 0. The Kier molecular flexibility index (Phi) is 2.69. The van der Waals surface area contributed by atoms with E-state index in [1.165, 1.54) is 5.56 Å². The molecule has 0 aliphatic heterocycles. The van der Waals surface area contributed by atoms with Gasteiger partial charge in [0.15, 0.2) is 5.58 Å². The van der Waals surface area contributed by atoms with Gasteiger partial charge in [-0.05, 0) is 47.3 Å². The van der Waals surface area contributed by atoms with Gasteiger partial charge in [-0.2, -0.15) is 5.26 Å². The maximum Gasteiger partial charge on any atom is 0.229 e. The number of benzene rings is 1. The third kappa shape index (κ3) is 1.76. The van der Waals surface area contributed by atoms with E-state index in [0.717, 1.165) is 52.3 Å². The summed E-state index contributed by atoms with van der Waals surface area (Å²) in [5.74, 6) is 1.05. The minimum Gasteiger partial charge on any atom is -0.461 e. The van der Waals surface area contributed by atoms with Crippen molar-refractivity contribution in [3.05, 3.63) is 39.0 Å². The summed E-state index contributed by atoms with van der Waals surface area (Å²) in [7, 11) is 0. The molecule has 1 aliphatic rings. The molecule has 21 heavy (non-hydrogen) atoms. The van der Waals surface area contributed by atoms with Crippen LogP contribution in [0.25, 0.3) is 21.9 Å². The molecule has 2 aromatic heterocycles. The molecular weight excluding hydrogens is 332 g/mol. The Labute approximate surface area is 128 Å². The van der Waals surface area contributed by atoms with Gasteiger partial charge < -0.3 is 8.83 Å². The number of nitrogens with one attached hydrogen (secondary N) is 1. The van der Waals surface area contributed by atoms with Crippen molar-refractivity contribution in [1.29, 1.82) is 10.7 Å². The number of nitriles is 1. The first-order chi connectivity index (χ1) is 10.2. The fraction of sp³-hybridized carbons (Fsp3) is 0.250. The van der Waals surface area contributed by atoms with Crippen molar-refractivity contribution >= 4 is 37.9 Å². The summed E-state index contributed by atoms with van der Waals surface area (Å²) >= 11 is 3.47. The van der Waals surface area contributed by atoms with Crippen LogP contribution in [0.5, 0.6) is 0 Å². The quantitative estimate of drug-likeness (QED) is 0.666. The molecule has 4 rings (SSSR count). The van der Waals surface area contributed by atoms with Crippen LogP contribution >= 0.6 is 15.9 Å². The minimum atomic E-state index is -0.109. The fourth-order valence-electron chi connectivity index (χ4n) is 3.10. The predicted octanol–water partition coefficient (Wildman–Crippen LogP) is 4.17. The first-order valence-corrected chi connectivity index (χ1v) is 7.63. The number of nitrogens with zero attached hydrogens (tertiary/aromatic N) is 1. The molecule has 0 amide bonds. The van der Waals surface area contributed by atoms with E-state index in [1.807, 2.05) is 12.1 Å². The van der Waals surface area contributed by atoms with E-state index in [0.29, 0.717) is 5.58 Å². The van der Waals surface area contributed by atoms with Crippen LogP contribution in [0.1, 0.15) is 29.7 Å². The van der Waals surface area contributed by atoms with Gasteiger partial charge in [-0.1, -0.05) is 0 Å². The topological polar surface area (TPSA) is 73.9 Å². The molecule has 1 aliphatic carbocycles.